The minimum Gasteiger partial charge on any atom is -0.504 e. The van der Waals surface area contributed by atoms with Gasteiger partial charge in [0.05, 0.1) is 0 Å². The van der Waals surface area contributed by atoms with Gasteiger partial charge in [-0.15, -0.1) is 17.0 Å². The molecule has 0 aromatic heterocycles. The molecule has 0 amide bonds. The van der Waals surface area contributed by atoms with Crippen LogP contribution in [-0.4, -0.2) is 34.2 Å². The molecule has 1 aliphatic heterocycles. The van der Waals surface area contributed by atoms with Crippen LogP contribution in [0.4, 0.5) is 0 Å². The van der Waals surface area contributed by atoms with Crippen molar-refractivity contribution in [3.63, 3.8) is 0 Å². The Balaban J connectivity index is 0.00000133. The third-order valence-electron chi connectivity index (χ3n) is 4.56. The molecule has 3 rings (SSSR count). The number of hydrogen-bond donors (Lipinski definition) is 2. The zero-order chi connectivity index (χ0) is 12.7. The summed E-state index contributed by atoms with van der Waals surface area (Å²) in [4.78, 5) is 2.59. The molecular formula is C15H22BrNO2. The maximum Gasteiger partial charge on any atom is 0.160 e. The van der Waals surface area contributed by atoms with E-state index in [2.05, 4.69) is 11.8 Å². The van der Waals surface area contributed by atoms with Gasteiger partial charge in [-0.2, -0.15) is 0 Å². The topological polar surface area (TPSA) is 43.7 Å². The first-order valence-corrected chi connectivity index (χ1v) is 7.00. The molecule has 2 N–H and O–H groups in total. The summed E-state index contributed by atoms with van der Waals surface area (Å²) >= 11 is 0. The fourth-order valence-electron chi connectivity index (χ4n) is 3.77. The first-order valence-electron chi connectivity index (χ1n) is 7.00. The Kier molecular flexibility index (Phi) is 4.41. The van der Waals surface area contributed by atoms with Crippen molar-refractivity contribution in [3.8, 4) is 11.5 Å². The van der Waals surface area contributed by atoms with Crippen LogP contribution >= 0.6 is 17.0 Å². The van der Waals surface area contributed by atoms with Gasteiger partial charge in [-0.3, -0.25) is 4.90 Å². The molecule has 0 radical (unpaired) electrons. The Bertz CT molecular complexity index is 464. The fraction of sp³-hybridized carbons (Fsp3) is 0.600. The van der Waals surface area contributed by atoms with Gasteiger partial charge >= 0.3 is 0 Å². The number of rotatable bonds is 2. The van der Waals surface area contributed by atoms with E-state index in [1.807, 2.05) is 6.07 Å². The Morgan fingerprint density at radius 2 is 2.05 bits per heavy atom. The average molecular weight is 328 g/mol. The molecule has 1 aromatic rings. The number of aromatic hydroxyl groups is 2. The molecule has 19 heavy (non-hydrogen) atoms. The molecule has 0 bridgehead atoms. The Labute approximate surface area is 125 Å². The van der Waals surface area contributed by atoms with Gasteiger partial charge in [-0.25, -0.2) is 0 Å². The first kappa shape index (κ1) is 14.7. The van der Waals surface area contributed by atoms with Gasteiger partial charge in [0, 0.05) is 17.5 Å². The number of phenols is 2. The van der Waals surface area contributed by atoms with Crippen LogP contribution in [0.3, 0.4) is 0 Å². The van der Waals surface area contributed by atoms with Gasteiger partial charge in [-0.05, 0) is 50.4 Å². The second-order valence-electron chi connectivity index (χ2n) is 5.54. The number of benzene rings is 1. The third-order valence-corrected chi connectivity index (χ3v) is 4.56. The molecule has 3 nitrogen and oxygen atoms in total. The fourth-order valence-corrected chi connectivity index (χ4v) is 3.77. The summed E-state index contributed by atoms with van der Waals surface area (Å²) in [5.74, 6) is 0.683. The van der Waals surface area contributed by atoms with E-state index in [1.165, 1.54) is 31.5 Å². The summed E-state index contributed by atoms with van der Waals surface area (Å²) in [6.07, 6.45) is 4.38. The SMILES string of the molecule is Br.CCCN1CC[C@@H]2c3ccc(O)c(O)c3CC[C@H]21. The van der Waals surface area contributed by atoms with Crippen LogP contribution < -0.4 is 0 Å². The van der Waals surface area contributed by atoms with Crippen LogP contribution in [0.2, 0.25) is 0 Å². The van der Waals surface area contributed by atoms with Gasteiger partial charge in [0.15, 0.2) is 11.5 Å². The molecule has 4 heteroatoms. The molecule has 1 aliphatic carbocycles. The van der Waals surface area contributed by atoms with Crippen molar-refractivity contribution < 1.29 is 10.2 Å². The van der Waals surface area contributed by atoms with Crippen LogP contribution in [-0.2, 0) is 6.42 Å². The lowest BCUT2D eigenvalue weighted by molar-refractivity contribution is 0.226. The van der Waals surface area contributed by atoms with Crippen molar-refractivity contribution in [2.24, 2.45) is 0 Å². The lowest BCUT2D eigenvalue weighted by Gasteiger charge is -2.33. The smallest absolute Gasteiger partial charge is 0.160 e. The highest BCUT2D eigenvalue weighted by atomic mass is 79.9. The molecule has 1 saturated heterocycles. The van der Waals surface area contributed by atoms with Crippen LogP contribution in [0, 0.1) is 0 Å². The zero-order valence-electron chi connectivity index (χ0n) is 11.3. The molecule has 1 heterocycles. The highest BCUT2D eigenvalue weighted by Crippen LogP contribution is 2.46. The van der Waals surface area contributed by atoms with Gasteiger partial charge < -0.3 is 10.2 Å². The van der Waals surface area contributed by atoms with Crippen molar-refractivity contribution in [1.82, 2.24) is 4.90 Å². The number of fused-ring (bicyclic) bond motifs is 3. The van der Waals surface area contributed by atoms with Crippen LogP contribution in [0.15, 0.2) is 12.1 Å². The van der Waals surface area contributed by atoms with E-state index in [0.29, 0.717) is 12.0 Å². The molecule has 1 aromatic carbocycles. The van der Waals surface area contributed by atoms with E-state index >= 15 is 0 Å². The quantitative estimate of drug-likeness (QED) is 0.820. The minimum atomic E-state index is 0. The monoisotopic (exact) mass is 327 g/mol. The molecule has 2 atom stereocenters. The molecule has 0 saturated carbocycles. The highest BCUT2D eigenvalue weighted by molar-refractivity contribution is 8.93. The van der Waals surface area contributed by atoms with Gasteiger partial charge in [-0.1, -0.05) is 13.0 Å². The summed E-state index contributed by atoms with van der Waals surface area (Å²) in [5, 5.41) is 19.6. The van der Waals surface area contributed by atoms with E-state index in [1.54, 1.807) is 6.07 Å². The molecule has 1 fully saturated rings. The van der Waals surface area contributed by atoms with Crippen molar-refractivity contribution in [3.05, 3.63) is 23.3 Å². The largest absolute Gasteiger partial charge is 0.504 e. The standard InChI is InChI=1S/C15H21NO2.BrH/c1-2-8-16-9-7-11-10-4-6-14(17)15(18)12(10)3-5-13(11)16;/h4,6,11,13,17-18H,2-3,5,7-9H2,1H3;1H/t11-,13-;/m1./s1. The predicted molar refractivity (Wildman–Crippen MR) is 81.4 cm³/mol. The third kappa shape index (κ3) is 2.36. The van der Waals surface area contributed by atoms with Gasteiger partial charge in [0.1, 0.15) is 0 Å². The molecule has 0 spiro atoms. The van der Waals surface area contributed by atoms with Crippen LogP contribution in [0.5, 0.6) is 11.5 Å². The molecule has 2 aliphatic rings. The highest BCUT2D eigenvalue weighted by Gasteiger charge is 2.39. The summed E-state index contributed by atoms with van der Waals surface area (Å²) in [7, 11) is 0. The van der Waals surface area contributed by atoms with E-state index in [0.717, 1.165) is 18.4 Å². The normalized spacial score (nSPS) is 25.5. The second kappa shape index (κ2) is 5.71. The van der Waals surface area contributed by atoms with E-state index in [-0.39, 0.29) is 28.5 Å². The summed E-state index contributed by atoms with van der Waals surface area (Å²) in [6.45, 7) is 4.58. The lowest BCUT2D eigenvalue weighted by atomic mass is 9.79. The van der Waals surface area contributed by atoms with Crippen molar-refractivity contribution in [2.45, 2.75) is 44.6 Å². The molecular weight excluding hydrogens is 306 g/mol. The number of phenolic OH excluding ortho intramolecular Hbond substituents is 2. The molecule has 106 valence electrons. The minimum absolute atomic E-state index is 0. The Morgan fingerprint density at radius 3 is 2.79 bits per heavy atom. The lowest BCUT2D eigenvalue weighted by Crippen LogP contribution is -2.35. The first-order chi connectivity index (χ1) is 8.72. The summed E-state index contributed by atoms with van der Waals surface area (Å²) in [5.41, 5.74) is 2.25. The molecule has 0 unspecified atom stereocenters. The number of hydrogen-bond acceptors (Lipinski definition) is 3. The van der Waals surface area contributed by atoms with Crippen LogP contribution in [0.1, 0.15) is 43.2 Å². The van der Waals surface area contributed by atoms with Crippen molar-refractivity contribution in [1.29, 1.82) is 0 Å². The summed E-state index contributed by atoms with van der Waals surface area (Å²) in [6, 6.07) is 4.29. The second-order valence-corrected chi connectivity index (χ2v) is 5.54. The number of nitrogens with zero attached hydrogens (tertiary/aromatic N) is 1. The zero-order valence-corrected chi connectivity index (χ0v) is 13.0. The van der Waals surface area contributed by atoms with E-state index < -0.39 is 0 Å². The van der Waals surface area contributed by atoms with E-state index in [4.69, 9.17) is 0 Å². The van der Waals surface area contributed by atoms with E-state index in [9.17, 15) is 10.2 Å². The maximum atomic E-state index is 9.97. The number of likely N-dealkylation sites (tertiary alicyclic amines) is 1. The number of halogens is 1. The van der Waals surface area contributed by atoms with Crippen molar-refractivity contribution >= 4 is 17.0 Å². The van der Waals surface area contributed by atoms with Crippen molar-refractivity contribution in [2.75, 3.05) is 13.1 Å². The Hall–Kier alpha value is -0.740. The van der Waals surface area contributed by atoms with Gasteiger partial charge in [0.2, 0.25) is 0 Å². The van der Waals surface area contributed by atoms with Crippen LogP contribution in [0.25, 0.3) is 0 Å². The Morgan fingerprint density at radius 1 is 1.26 bits per heavy atom. The summed E-state index contributed by atoms with van der Waals surface area (Å²) < 4.78 is 0. The predicted octanol–water partition coefficient (Wildman–Crippen LogP) is 3.19. The van der Waals surface area contributed by atoms with Gasteiger partial charge in [0.25, 0.3) is 0 Å². The average Bonchev–Trinajstić information content (AvgIpc) is 2.78. The maximum absolute atomic E-state index is 9.97.